The van der Waals surface area contributed by atoms with Crippen molar-refractivity contribution in [3.05, 3.63) is 65.2 Å². The van der Waals surface area contributed by atoms with Gasteiger partial charge in [0.15, 0.2) is 0 Å². The number of hydrogen-bond acceptors (Lipinski definition) is 4. The molecule has 4 rings (SSSR count). The number of pyridine rings is 2. The van der Waals surface area contributed by atoms with E-state index in [0.717, 1.165) is 48.8 Å². The van der Waals surface area contributed by atoms with Gasteiger partial charge < -0.3 is 0 Å². The van der Waals surface area contributed by atoms with E-state index in [-0.39, 0.29) is 0 Å². The lowest BCUT2D eigenvalue weighted by atomic mass is 10.1. The Bertz CT molecular complexity index is 850. The first kappa shape index (κ1) is 15.0. The van der Waals surface area contributed by atoms with Crippen LogP contribution in [-0.2, 0) is 19.6 Å². The Morgan fingerprint density at radius 1 is 1.08 bits per heavy atom. The summed E-state index contributed by atoms with van der Waals surface area (Å²) in [6.45, 7) is 7.86. The van der Waals surface area contributed by atoms with E-state index in [9.17, 15) is 0 Å². The molecule has 1 aliphatic rings. The molecular formula is C19H21N5. The minimum absolute atomic E-state index is 0.909. The van der Waals surface area contributed by atoms with Crippen LogP contribution >= 0.6 is 0 Å². The fourth-order valence-electron chi connectivity index (χ4n) is 3.18. The van der Waals surface area contributed by atoms with E-state index >= 15 is 0 Å². The number of aromatic nitrogens is 4. The molecule has 0 fully saturated rings. The maximum absolute atomic E-state index is 4.75. The van der Waals surface area contributed by atoms with Crippen molar-refractivity contribution in [3.63, 3.8) is 0 Å². The number of aryl methyl sites for hydroxylation is 2. The van der Waals surface area contributed by atoms with Crippen molar-refractivity contribution in [2.45, 2.75) is 33.5 Å². The predicted molar refractivity (Wildman–Crippen MR) is 93.3 cm³/mol. The second kappa shape index (κ2) is 6.17. The van der Waals surface area contributed by atoms with Crippen molar-refractivity contribution in [1.82, 2.24) is 24.6 Å². The molecule has 1 aliphatic heterocycles. The molecule has 5 nitrogen and oxygen atoms in total. The zero-order chi connectivity index (χ0) is 16.5. The molecule has 3 aromatic heterocycles. The summed E-state index contributed by atoms with van der Waals surface area (Å²) in [6.07, 6.45) is 3.81. The van der Waals surface area contributed by atoms with E-state index in [0.29, 0.717) is 0 Å². The minimum atomic E-state index is 0.909. The highest BCUT2D eigenvalue weighted by Crippen LogP contribution is 2.23. The van der Waals surface area contributed by atoms with Gasteiger partial charge in [-0.25, -0.2) is 0 Å². The Kier molecular flexibility index (Phi) is 3.86. The zero-order valence-corrected chi connectivity index (χ0v) is 14.1. The molecule has 4 heterocycles. The normalized spacial score (nSPS) is 14.6. The molecule has 0 aromatic carbocycles. The van der Waals surface area contributed by atoms with Gasteiger partial charge in [0, 0.05) is 37.7 Å². The quantitative estimate of drug-likeness (QED) is 0.744. The van der Waals surface area contributed by atoms with Crippen molar-refractivity contribution >= 4 is 0 Å². The fraction of sp³-hybridized carbons (Fsp3) is 0.316. The first-order valence-electron chi connectivity index (χ1n) is 8.31. The Balaban J connectivity index is 1.53. The molecule has 5 heteroatoms. The van der Waals surface area contributed by atoms with E-state index in [4.69, 9.17) is 5.10 Å². The van der Waals surface area contributed by atoms with Gasteiger partial charge in [0.1, 0.15) is 5.69 Å². The van der Waals surface area contributed by atoms with Crippen molar-refractivity contribution < 1.29 is 0 Å². The molecule has 0 amide bonds. The van der Waals surface area contributed by atoms with Gasteiger partial charge in [0.05, 0.1) is 17.9 Å². The maximum Gasteiger partial charge on any atom is 0.111 e. The second-order valence-electron chi connectivity index (χ2n) is 6.43. The van der Waals surface area contributed by atoms with Gasteiger partial charge in [-0.3, -0.25) is 19.5 Å². The summed E-state index contributed by atoms with van der Waals surface area (Å²) >= 11 is 0. The maximum atomic E-state index is 4.75. The molecule has 0 unspecified atom stereocenters. The van der Waals surface area contributed by atoms with Crippen molar-refractivity contribution in [3.8, 4) is 11.4 Å². The highest BCUT2D eigenvalue weighted by Gasteiger charge is 2.20. The van der Waals surface area contributed by atoms with Gasteiger partial charge in [0.25, 0.3) is 0 Å². The molecule has 0 aliphatic carbocycles. The Morgan fingerprint density at radius 2 is 2.00 bits per heavy atom. The van der Waals surface area contributed by atoms with Crippen LogP contribution in [0.3, 0.4) is 0 Å². The molecule has 0 saturated carbocycles. The topological polar surface area (TPSA) is 46.8 Å². The van der Waals surface area contributed by atoms with Crippen molar-refractivity contribution in [2.24, 2.45) is 0 Å². The van der Waals surface area contributed by atoms with Crippen LogP contribution in [0.1, 0.15) is 22.5 Å². The van der Waals surface area contributed by atoms with Gasteiger partial charge in [0.2, 0.25) is 0 Å². The summed E-state index contributed by atoms with van der Waals surface area (Å²) < 4.78 is 2.12. The van der Waals surface area contributed by atoms with Crippen molar-refractivity contribution in [2.75, 3.05) is 6.54 Å². The third kappa shape index (κ3) is 2.95. The van der Waals surface area contributed by atoms with Gasteiger partial charge in [-0.2, -0.15) is 5.10 Å². The molecule has 0 spiro atoms. The average Bonchev–Trinajstić information content (AvgIpc) is 3.00. The van der Waals surface area contributed by atoms with Crippen LogP contribution in [-0.4, -0.2) is 31.2 Å². The number of rotatable bonds is 3. The third-order valence-electron chi connectivity index (χ3n) is 4.51. The standard InChI is InChI=1S/C19H21N5/c1-14-4-3-7-20-19(14)18-10-17-13-23(8-9-24(17)22-18)12-16-6-5-15(2)21-11-16/h3-7,10-11H,8-9,12-13H2,1-2H3. The summed E-state index contributed by atoms with van der Waals surface area (Å²) in [5, 5.41) is 4.75. The molecule has 0 atom stereocenters. The summed E-state index contributed by atoms with van der Waals surface area (Å²) in [4.78, 5) is 11.3. The van der Waals surface area contributed by atoms with Gasteiger partial charge >= 0.3 is 0 Å². The van der Waals surface area contributed by atoms with Crippen LogP contribution < -0.4 is 0 Å². The first-order valence-corrected chi connectivity index (χ1v) is 8.31. The predicted octanol–water partition coefficient (Wildman–Crippen LogP) is 2.97. The van der Waals surface area contributed by atoms with Crippen molar-refractivity contribution in [1.29, 1.82) is 0 Å². The molecule has 3 aromatic rings. The smallest absolute Gasteiger partial charge is 0.111 e. The third-order valence-corrected chi connectivity index (χ3v) is 4.51. The van der Waals surface area contributed by atoms with E-state index < -0.39 is 0 Å². The molecular weight excluding hydrogens is 298 g/mol. The lowest BCUT2D eigenvalue weighted by molar-refractivity contribution is 0.205. The van der Waals surface area contributed by atoms with Gasteiger partial charge in [-0.1, -0.05) is 12.1 Å². The zero-order valence-electron chi connectivity index (χ0n) is 14.1. The van der Waals surface area contributed by atoms with E-state index in [1.54, 1.807) is 0 Å². The van der Waals surface area contributed by atoms with E-state index in [1.165, 1.54) is 11.3 Å². The van der Waals surface area contributed by atoms with Crippen LogP contribution in [0.4, 0.5) is 0 Å². The van der Waals surface area contributed by atoms with E-state index in [2.05, 4.69) is 50.7 Å². The minimum Gasteiger partial charge on any atom is -0.291 e. The van der Waals surface area contributed by atoms with Gasteiger partial charge in [-0.15, -0.1) is 0 Å². The van der Waals surface area contributed by atoms with Crippen LogP contribution in [0.5, 0.6) is 0 Å². The summed E-state index contributed by atoms with van der Waals surface area (Å²) in [7, 11) is 0. The van der Waals surface area contributed by atoms with Gasteiger partial charge in [-0.05, 0) is 43.2 Å². The summed E-state index contributed by atoms with van der Waals surface area (Å²) in [6, 6.07) is 10.5. The molecule has 0 saturated heterocycles. The lowest BCUT2D eigenvalue weighted by Gasteiger charge is -2.27. The highest BCUT2D eigenvalue weighted by atomic mass is 15.3. The fourth-order valence-corrected chi connectivity index (χ4v) is 3.18. The lowest BCUT2D eigenvalue weighted by Crippen LogP contribution is -2.33. The van der Waals surface area contributed by atoms with E-state index in [1.807, 2.05) is 25.4 Å². The molecule has 122 valence electrons. The molecule has 24 heavy (non-hydrogen) atoms. The summed E-state index contributed by atoms with van der Waals surface area (Å²) in [5.74, 6) is 0. The monoisotopic (exact) mass is 319 g/mol. The molecule has 0 radical (unpaired) electrons. The van der Waals surface area contributed by atoms with Crippen LogP contribution in [0.15, 0.2) is 42.7 Å². The molecule has 0 N–H and O–H groups in total. The number of nitrogens with zero attached hydrogens (tertiary/aromatic N) is 5. The van der Waals surface area contributed by atoms with Crippen LogP contribution in [0.25, 0.3) is 11.4 Å². The molecule has 0 bridgehead atoms. The van der Waals surface area contributed by atoms with Crippen LogP contribution in [0, 0.1) is 13.8 Å². The SMILES string of the molecule is Cc1ccc(CN2CCn3nc(-c4ncccc4C)cc3C2)cn1. The number of hydrogen-bond donors (Lipinski definition) is 0. The Morgan fingerprint density at radius 3 is 2.79 bits per heavy atom. The average molecular weight is 319 g/mol. The second-order valence-corrected chi connectivity index (χ2v) is 6.43. The Labute approximate surface area is 142 Å². The largest absolute Gasteiger partial charge is 0.291 e. The Hall–Kier alpha value is -2.53. The number of fused-ring (bicyclic) bond motifs is 1. The van der Waals surface area contributed by atoms with Crippen LogP contribution in [0.2, 0.25) is 0 Å². The first-order chi connectivity index (χ1) is 11.7. The highest BCUT2D eigenvalue weighted by molar-refractivity contribution is 5.58. The summed E-state index contributed by atoms with van der Waals surface area (Å²) in [5.41, 5.74) is 6.69.